The first-order valence-electron chi connectivity index (χ1n) is 4.06. The Morgan fingerprint density at radius 2 is 1.10 bits per heavy atom. The number of rotatable bonds is 0. The van der Waals surface area contributed by atoms with Gasteiger partial charge >= 0.3 is 12.4 Å². The Labute approximate surface area is 119 Å². The Bertz CT molecular complexity index is 241. The first kappa shape index (κ1) is 42.7. The zero-order chi connectivity index (χ0) is 14.9. The monoisotopic (exact) mass is 356 g/mol. The lowest BCUT2D eigenvalue weighted by atomic mass is 10.6. The molecule has 21 heavy (non-hydrogen) atoms. The smallest absolute Gasteiger partial charge is 0.412 e. The maximum Gasteiger partial charge on any atom is 0.457 e. The third-order valence-electron chi connectivity index (χ3n) is 0.395. The van der Waals surface area contributed by atoms with Crippen molar-refractivity contribution < 1.29 is 45.3 Å². The molecule has 0 aliphatic heterocycles. The largest absolute Gasteiger partial charge is 0.457 e. The molecule has 0 aliphatic carbocycles. The van der Waals surface area contributed by atoms with Gasteiger partial charge < -0.3 is 9.58 Å². The van der Waals surface area contributed by atoms with Crippen LogP contribution >= 0.6 is 0 Å². The molecular formula is C10H21F9OSi. The third-order valence-corrected chi connectivity index (χ3v) is 0.395. The van der Waals surface area contributed by atoms with Gasteiger partial charge in [0.1, 0.15) is 0 Å². The fraction of sp³-hybridized carbons (Fsp3) is 0.600. The van der Waals surface area contributed by atoms with Crippen LogP contribution in [0.2, 0.25) is 19.6 Å². The van der Waals surface area contributed by atoms with Crippen molar-refractivity contribution in [3.8, 4) is 12.3 Å². The minimum absolute atomic E-state index is 0. The highest BCUT2D eigenvalue weighted by molar-refractivity contribution is 6.69. The number of halogens is 9. The molecule has 0 amide bonds. The second-order valence-electron chi connectivity index (χ2n) is 3.45. The molecule has 134 valence electrons. The summed E-state index contributed by atoms with van der Waals surface area (Å²) in [5.41, 5.74) is 0. The van der Waals surface area contributed by atoms with Crippen LogP contribution in [-0.2, 0) is 0 Å². The van der Waals surface area contributed by atoms with E-state index in [1.165, 1.54) is 0 Å². The predicted molar refractivity (Wildman–Crippen MR) is 70.9 cm³/mol. The number of hydrogen-bond donors (Lipinski definition) is 0. The maximum absolute atomic E-state index is 11.8. The van der Waals surface area contributed by atoms with Gasteiger partial charge in [0.25, 0.3) is 0 Å². The summed E-state index contributed by atoms with van der Waals surface area (Å²) < 4.78 is 75.5. The summed E-state index contributed by atoms with van der Waals surface area (Å²) in [6.45, 7) is 7.49. The lowest BCUT2D eigenvalue weighted by Gasteiger charge is -1.95. The third kappa shape index (κ3) is 228. The van der Waals surface area contributed by atoms with Crippen molar-refractivity contribution in [2.45, 2.75) is 39.4 Å². The molecule has 0 atom stereocenters. The van der Waals surface area contributed by atoms with Gasteiger partial charge in [0, 0.05) is 12.0 Å². The molecule has 0 spiro atoms. The molecule has 0 aromatic heterocycles. The minimum Gasteiger partial charge on any atom is -0.412 e. The van der Waals surface area contributed by atoms with E-state index < -0.39 is 20.8 Å². The van der Waals surface area contributed by atoms with Crippen LogP contribution in [0, 0.1) is 12.3 Å². The van der Waals surface area contributed by atoms with Crippen LogP contribution in [0.1, 0.15) is 7.43 Å². The topological polar surface area (TPSA) is 31.5 Å². The van der Waals surface area contributed by atoms with E-state index in [9.17, 15) is 30.5 Å². The molecule has 0 rings (SSSR count). The van der Waals surface area contributed by atoms with Crippen LogP contribution < -0.4 is 0 Å². The molecule has 0 heterocycles. The molecule has 1 nitrogen and oxygen atoms in total. The van der Waals surface area contributed by atoms with Crippen molar-refractivity contribution in [2.75, 3.05) is 0 Å². The van der Waals surface area contributed by atoms with Gasteiger partial charge in [-0.15, -0.1) is 6.42 Å². The number of allylic oxidation sites excluding steroid dienone is 1. The van der Waals surface area contributed by atoms with E-state index >= 15 is 0 Å². The van der Waals surface area contributed by atoms with Crippen molar-refractivity contribution in [3.05, 3.63) is 12.7 Å². The van der Waals surface area contributed by atoms with Gasteiger partial charge in [-0.1, -0.05) is 14.0 Å². The van der Waals surface area contributed by atoms with E-state index in [0.717, 1.165) is 0 Å². The van der Waals surface area contributed by atoms with Crippen LogP contribution in [0.3, 0.4) is 0 Å². The molecule has 0 saturated carbocycles. The minimum atomic E-state index is -4.43. The second kappa shape index (κ2) is 16.9. The van der Waals surface area contributed by atoms with Crippen LogP contribution in [0.25, 0.3) is 0 Å². The molecule has 0 unspecified atom stereocenters. The van der Waals surface area contributed by atoms with Crippen molar-refractivity contribution >= 4 is 8.41 Å². The molecule has 11 heteroatoms. The first-order chi connectivity index (χ1) is 7.12. The second-order valence-corrected chi connectivity index (χ2v) is 7.59. The Hall–Kier alpha value is -1.15. The Morgan fingerprint density at radius 3 is 1.10 bits per heavy atom. The normalized spacial score (nSPS) is 9.00. The summed E-state index contributed by atoms with van der Waals surface area (Å²) in [7, 11) is -2.11. The highest BCUT2D eigenvalue weighted by Gasteiger charge is 2.21. The zero-order valence-electron chi connectivity index (χ0n) is 10.8. The molecule has 0 fully saturated rings. The summed E-state index contributed by atoms with van der Waals surface area (Å²) in [4.78, 5) is 0. The van der Waals surface area contributed by atoms with Crippen molar-refractivity contribution in [1.29, 1.82) is 0 Å². The quantitative estimate of drug-likeness (QED) is 0.196. The Morgan fingerprint density at radius 1 is 1.00 bits per heavy atom. The number of alkyl halides is 6. The van der Waals surface area contributed by atoms with Crippen LogP contribution in [0.15, 0.2) is 12.7 Å². The number of terminal acetylenes is 1. The first-order valence-corrected chi connectivity index (χ1v) is 7.44. The van der Waals surface area contributed by atoms with Crippen molar-refractivity contribution in [3.63, 3.8) is 0 Å². The summed E-state index contributed by atoms with van der Waals surface area (Å²) in [6, 6.07) is 0. The van der Waals surface area contributed by atoms with Crippen molar-refractivity contribution in [1.82, 2.24) is 0 Å². The fourth-order valence-electron chi connectivity index (χ4n) is 0. The van der Waals surface area contributed by atoms with E-state index in [1.54, 1.807) is 19.6 Å². The molecule has 0 aliphatic rings. The van der Waals surface area contributed by atoms with E-state index in [0.29, 0.717) is 5.92 Å². The summed E-state index contributed by atoms with van der Waals surface area (Å²) >= 11 is 0. The lowest BCUT2D eigenvalue weighted by Crippen LogP contribution is -2.08. The highest BCUT2D eigenvalue weighted by atomic mass is 28.4. The molecule has 0 saturated heterocycles. The van der Waals surface area contributed by atoms with Gasteiger partial charge in [0.15, 0.2) is 0 Å². The molecule has 0 aromatic rings. The number of hydrogen-bond acceptors (Lipinski definition) is 0. The average molecular weight is 356 g/mol. The van der Waals surface area contributed by atoms with E-state index in [2.05, 4.69) is 13.0 Å². The summed E-state index contributed by atoms with van der Waals surface area (Å²) in [6.07, 6.45) is -4.76. The molecule has 0 aromatic carbocycles. The van der Waals surface area contributed by atoms with Gasteiger partial charge in [-0.2, -0.15) is 26.3 Å². The van der Waals surface area contributed by atoms with Gasteiger partial charge in [-0.3, -0.25) is 9.41 Å². The fourth-order valence-corrected chi connectivity index (χ4v) is 0. The highest BCUT2D eigenvalue weighted by Crippen LogP contribution is 2.13. The predicted octanol–water partition coefficient (Wildman–Crippen LogP) is 4.82. The van der Waals surface area contributed by atoms with E-state index in [4.69, 9.17) is 0 Å². The zero-order valence-corrected chi connectivity index (χ0v) is 11.8. The summed E-state index contributed by atoms with van der Waals surface area (Å²) in [5.74, 6) is 0.604. The van der Waals surface area contributed by atoms with Gasteiger partial charge in [0.05, 0.1) is 0 Å². The SMILES string of the molecule is C.C#CC(F)(F)F.C=CC(F)(F)F.C[Si](C)(C)F.F.F.O. The molecule has 0 bridgehead atoms. The summed E-state index contributed by atoms with van der Waals surface area (Å²) in [5, 5.41) is 0. The Kier molecular flexibility index (Phi) is 34.4. The maximum atomic E-state index is 11.8. The average Bonchev–Trinajstić information content (AvgIpc) is 2.00. The molecule has 0 radical (unpaired) electrons. The lowest BCUT2D eigenvalue weighted by molar-refractivity contribution is -0.0796. The van der Waals surface area contributed by atoms with Gasteiger partial charge in [-0.25, -0.2) is 0 Å². The van der Waals surface area contributed by atoms with Crippen LogP contribution in [0.4, 0.5) is 39.9 Å². The van der Waals surface area contributed by atoms with Gasteiger partial charge in [-0.05, 0) is 19.6 Å². The molecule has 2 N–H and O–H groups in total. The van der Waals surface area contributed by atoms with Crippen molar-refractivity contribution in [2.24, 2.45) is 0 Å². The Balaban J connectivity index is -0.0000000257. The van der Waals surface area contributed by atoms with Crippen LogP contribution in [0.5, 0.6) is 0 Å². The van der Waals surface area contributed by atoms with Crippen LogP contribution in [-0.4, -0.2) is 26.2 Å². The van der Waals surface area contributed by atoms with Gasteiger partial charge in [0.2, 0.25) is 8.41 Å². The van der Waals surface area contributed by atoms with E-state index in [1.807, 2.05) is 0 Å². The standard InChI is InChI=1S/C3H3F3.C3HF3.C3H9FSi.CH4.2FH.H2O/c2*1-2-3(4,5)6;1-5(2,3)4;;;;/h2H,1H2;1H;1-3H3;1H4;2*1H;1H2. The van der Waals surface area contributed by atoms with E-state index in [-0.39, 0.29) is 28.4 Å². The molecular weight excluding hydrogens is 335 g/mol.